The molecule has 4 heteroatoms. The Bertz CT molecular complexity index is 148. The van der Waals surface area contributed by atoms with Crippen LogP contribution in [0.15, 0.2) is 0 Å². The molecule has 0 aromatic rings. The van der Waals surface area contributed by atoms with E-state index in [0.717, 1.165) is 45.7 Å². The molecule has 1 rings (SSSR count). The van der Waals surface area contributed by atoms with Gasteiger partial charge in [-0.05, 0) is 19.3 Å². The predicted molar refractivity (Wildman–Crippen MR) is 61.5 cm³/mol. The highest BCUT2D eigenvalue weighted by Gasteiger charge is 2.21. The molecule has 0 aromatic carbocycles. The number of rotatable bonds is 12. The molecule has 0 saturated carbocycles. The van der Waals surface area contributed by atoms with Gasteiger partial charge in [-0.1, -0.05) is 12.8 Å². The first-order chi connectivity index (χ1) is 7.93. The van der Waals surface area contributed by atoms with Crippen LogP contribution in [0.3, 0.4) is 0 Å². The first-order valence-corrected chi connectivity index (χ1v) is 6.31. The molecule has 1 aliphatic rings. The van der Waals surface area contributed by atoms with Gasteiger partial charge in [0, 0.05) is 26.4 Å². The molecule has 1 aliphatic heterocycles. The molecule has 4 nitrogen and oxygen atoms in total. The van der Waals surface area contributed by atoms with E-state index in [1.807, 2.05) is 0 Å². The van der Waals surface area contributed by atoms with Gasteiger partial charge >= 0.3 is 0 Å². The van der Waals surface area contributed by atoms with Crippen molar-refractivity contribution in [2.75, 3.05) is 39.6 Å². The van der Waals surface area contributed by atoms with Gasteiger partial charge in [0.25, 0.3) is 0 Å². The molecule has 16 heavy (non-hydrogen) atoms. The lowest BCUT2D eigenvalue weighted by molar-refractivity contribution is 0.105. The van der Waals surface area contributed by atoms with Gasteiger partial charge in [0.1, 0.15) is 6.10 Å². The summed E-state index contributed by atoms with van der Waals surface area (Å²) in [6, 6.07) is 0. The normalized spacial score (nSPS) is 18.9. The molecule has 0 radical (unpaired) electrons. The Labute approximate surface area is 97.9 Å². The van der Waals surface area contributed by atoms with Crippen LogP contribution < -0.4 is 0 Å². The summed E-state index contributed by atoms with van der Waals surface area (Å²) in [6.07, 6.45) is 5.77. The average Bonchev–Trinajstić information content (AvgIpc) is 3.10. The number of hydrogen-bond donors (Lipinski definition) is 1. The van der Waals surface area contributed by atoms with Crippen LogP contribution in [0.25, 0.3) is 0 Å². The fraction of sp³-hybridized carbons (Fsp3) is 1.00. The Hall–Kier alpha value is -0.160. The van der Waals surface area contributed by atoms with Crippen molar-refractivity contribution >= 4 is 0 Å². The highest BCUT2D eigenvalue weighted by Crippen LogP contribution is 2.09. The van der Waals surface area contributed by atoms with Crippen LogP contribution >= 0.6 is 0 Å². The van der Waals surface area contributed by atoms with Crippen molar-refractivity contribution in [1.29, 1.82) is 0 Å². The zero-order chi connectivity index (χ0) is 11.5. The van der Waals surface area contributed by atoms with E-state index in [0.29, 0.717) is 12.7 Å². The molecule has 96 valence electrons. The van der Waals surface area contributed by atoms with Gasteiger partial charge in [0.05, 0.1) is 13.2 Å². The summed E-state index contributed by atoms with van der Waals surface area (Å²) in [4.78, 5) is 0. The third-order valence-corrected chi connectivity index (χ3v) is 2.48. The monoisotopic (exact) mass is 232 g/mol. The Morgan fingerprint density at radius 3 is 2.19 bits per heavy atom. The number of ether oxygens (including phenoxy) is 3. The summed E-state index contributed by atoms with van der Waals surface area (Å²) >= 11 is 0. The topological polar surface area (TPSA) is 51.2 Å². The smallest absolute Gasteiger partial charge is 0.104 e. The number of hydrogen-bond acceptors (Lipinski definition) is 4. The maximum absolute atomic E-state index is 8.53. The maximum Gasteiger partial charge on any atom is 0.104 e. The lowest BCUT2D eigenvalue weighted by atomic mass is 10.2. The molecule has 1 fully saturated rings. The van der Waals surface area contributed by atoms with Gasteiger partial charge in [-0.2, -0.15) is 0 Å². The molecule has 0 bridgehead atoms. The van der Waals surface area contributed by atoms with E-state index in [1.54, 1.807) is 0 Å². The van der Waals surface area contributed by atoms with Crippen molar-refractivity contribution in [1.82, 2.24) is 0 Å². The molecule has 1 atom stereocenters. The number of epoxide rings is 1. The average molecular weight is 232 g/mol. The van der Waals surface area contributed by atoms with Crippen LogP contribution in [0.4, 0.5) is 0 Å². The van der Waals surface area contributed by atoms with Crippen LogP contribution in [-0.2, 0) is 14.2 Å². The van der Waals surface area contributed by atoms with E-state index in [1.165, 1.54) is 12.8 Å². The van der Waals surface area contributed by atoms with Crippen molar-refractivity contribution in [2.24, 2.45) is 0 Å². The summed E-state index contributed by atoms with van der Waals surface area (Å²) in [5, 5.41) is 8.53. The van der Waals surface area contributed by atoms with Crippen LogP contribution in [0, 0.1) is 0 Å². The minimum atomic E-state index is 0.224. The first kappa shape index (κ1) is 13.9. The maximum atomic E-state index is 8.53. The van der Waals surface area contributed by atoms with Crippen molar-refractivity contribution in [3.63, 3.8) is 0 Å². The van der Waals surface area contributed by atoms with Gasteiger partial charge in [-0.3, -0.25) is 0 Å². The number of aliphatic hydroxyl groups excluding tert-OH is 1. The van der Waals surface area contributed by atoms with Crippen molar-refractivity contribution < 1.29 is 19.3 Å². The van der Waals surface area contributed by atoms with E-state index in [9.17, 15) is 0 Å². The Morgan fingerprint density at radius 1 is 0.938 bits per heavy atom. The molecule has 0 amide bonds. The second kappa shape index (κ2) is 10.0. The van der Waals surface area contributed by atoms with Gasteiger partial charge in [-0.25, -0.2) is 0 Å². The number of aliphatic hydroxyl groups is 1. The molecular weight excluding hydrogens is 208 g/mol. The Balaban J connectivity index is 1.61. The van der Waals surface area contributed by atoms with Gasteiger partial charge in [0.2, 0.25) is 0 Å². The van der Waals surface area contributed by atoms with Crippen LogP contribution in [0.5, 0.6) is 0 Å². The molecular formula is C12H24O4. The zero-order valence-corrected chi connectivity index (χ0v) is 10.0. The van der Waals surface area contributed by atoms with E-state index < -0.39 is 0 Å². The van der Waals surface area contributed by atoms with Crippen molar-refractivity contribution in [3.8, 4) is 0 Å². The molecule has 1 heterocycles. The second-order valence-corrected chi connectivity index (χ2v) is 4.13. The predicted octanol–water partition coefficient (Wildman–Crippen LogP) is 1.36. The minimum Gasteiger partial charge on any atom is -0.396 e. The van der Waals surface area contributed by atoms with Crippen LogP contribution in [0.1, 0.15) is 32.1 Å². The fourth-order valence-corrected chi connectivity index (χ4v) is 1.41. The highest BCUT2D eigenvalue weighted by atomic mass is 16.6. The van der Waals surface area contributed by atoms with E-state index in [-0.39, 0.29) is 6.61 Å². The second-order valence-electron chi connectivity index (χ2n) is 4.13. The summed E-state index contributed by atoms with van der Waals surface area (Å²) < 4.78 is 15.8. The van der Waals surface area contributed by atoms with Gasteiger partial charge < -0.3 is 19.3 Å². The third-order valence-electron chi connectivity index (χ3n) is 2.48. The quantitative estimate of drug-likeness (QED) is 0.408. The lowest BCUT2D eigenvalue weighted by Gasteiger charge is -2.04. The van der Waals surface area contributed by atoms with Gasteiger partial charge in [-0.15, -0.1) is 0 Å². The van der Waals surface area contributed by atoms with Crippen molar-refractivity contribution in [2.45, 2.75) is 38.2 Å². The fourth-order valence-electron chi connectivity index (χ4n) is 1.41. The molecule has 0 spiro atoms. The summed E-state index contributed by atoms with van der Waals surface area (Å²) in [6.45, 7) is 4.22. The summed E-state index contributed by atoms with van der Waals surface area (Å²) in [5.41, 5.74) is 0. The molecule has 1 N–H and O–H groups in total. The Kier molecular flexibility index (Phi) is 8.71. The molecule has 0 aliphatic carbocycles. The van der Waals surface area contributed by atoms with E-state index in [4.69, 9.17) is 19.3 Å². The largest absolute Gasteiger partial charge is 0.396 e. The first-order valence-electron chi connectivity index (χ1n) is 6.31. The van der Waals surface area contributed by atoms with Crippen molar-refractivity contribution in [3.05, 3.63) is 0 Å². The van der Waals surface area contributed by atoms with E-state index in [2.05, 4.69) is 0 Å². The standard InChI is InChI=1S/C12H24O4/c13-6-5-9-14-7-3-1-2-4-8-15-10-12-11-16-12/h12-13H,1-11H2. The van der Waals surface area contributed by atoms with E-state index >= 15 is 0 Å². The van der Waals surface area contributed by atoms with Gasteiger partial charge in [0.15, 0.2) is 0 Å². The lowest BCUT2D eigenvalue weighted by Crippen LogP contribution is -2.03. The Morgan fingerprint density at radius 2 is 1.56 bits per heavy atom. The third kappa shape index (κ3) is 9.09. The zero-order valence-electron chi connectivity index (χ0n) is 10.0. The minimum absolute atomic E-state index is 0.224. The molecule has 1 unspecified atom stereocenters. The molecule has 1 saturated heterocycles. The highest BCUT2D eigenvalue weighted by molar-refractivity contribution is 4.66. The van der Waals surface area contributed by atoms with Crippen LogP contribution in [-0.4, -0.2) is 50.9 Å². The number of unbranched alkanes of at least 4 members (excludes halogenated alkanes) is 3. The SMILES string of the molecule is OCCCOCCCCCCOCC1CO1. The molecule has 0 aromatic heterocycles. The van der Waals surface area contributed by atoms with Crippen LogP contribution in [0.2, 0.25) is 0 Å². The summed E-state index contributed by atoms with van der Waals surface area (Å²) in [7, 11) is 0. The summed E-state index contributed by atoms with van der Waals surface area (Å²) in [5.74, 6) is 0.